The monoisotopic (exact) mass is 518 g/mol. The summed E-state index contributed by atoms with van der Waals surface area (Å²) in [6, 6.07) is 12.8. The summed E-state index contributed by atoms with van der Waals surface area (Å²) in [5.74, 6) is -1.33. The van der Waals surface area contributed by atoms with Crippen molar-refractivity contribution in [2.75, 3.05) is 36.5 Å². The molecule has 2 fully saturated rings. The fourth-order valence-electron chi connectivity index (χ4n) is 5.41. The van der Waals surface area contributed by atoms with Gasteiger partial charge in [-0.2, -0.15) is 0 Å². The quantitative estimate of drug-likeness (QED) is 0.325. The molecule has 1 saturated carbocycles. The van der Waals surface area contributed by atoms with Crippen LogP contribution in [0.1, 0.15) is 42.3 Å². The van der Waals surface area contributed by atoms with Gasteiger partial charge in [-0.05, 0) is 55.3 Å². The molecule has 0 unspecified atom stereocenters. The van der Waals surface area contributed by atoms with Crippen molar-refractivity contribution in [3.63, 3.8) is 0 Å². The highest BCUT2D eigenvalue weighted by atomic mass is 19.1. The summed E-state index contributed by atoms with van der Waals surface area (Å²) in [6.45, 7) is 2.28. The zero-order chi connectivity index (χ0) is 26.1. The summed E-state index contributed by atoms with van der Waals surface area (Å²) >= 11 is 0. The Hall–Kier alpha value is -3.98. The van der Waals surface area contributed by atoms with E-state index in [4.69, 9.17) is 14.1 Å². The summed E-state index contributed by atoms with van der Waals surface area (Å²) in [7, 11) is 0. The number of benzene rings is 2. The lowest BCUT2D eigenvalue weighted by Crippen LogP contribution is -2.36. The largest absolute Gasteiger partial charge is 0.459 e. The number of hydrogen-bond acceptors (Lipinski definition) is 5. The van der Waals surface area contributed by atoms with Gasteiger partial charge in [-0.15, -0.1) is 0 Å². The molecule has 1 saturated heterocycles. The van der Waals surface area contributed by atoms with Crippen molar-refractivity contribution in [2.24, 2.45) is 0 Å². The standard InChI is InChI=1S/C29H28F2N4O3/c30-20-9-7-19(8-10-20)27-28(35(18-32-27)21-4-1-2-5-21)22-16-24(33-29(36)26-6-3-13-38-26)23(31)17-25(22)34-11-14-37-15-12-34/h3,6-10,13,16-18,21H,1-2,4-5,11-12,14-15H2,(H,33,36). The Morgan fingerprint density at radius 1 is 1.03 bits per heavy atom. The van der Waals surface area contributed by atoms with E-state index in [1.165, 1.54) is 30.5 Å². The van der Waals surface area contributed by atoms with Gasteiger partial charge in [0, 0.05) is 42.0 Å². The van der Waals surface area contributed by atoms with Crippen LogP contribution in [0.4, 0.5) is 20.2 Å². The van der Waals surface area contributed by atoms with Crippen molar-refractivity contribution in [3.8, 4) is 22.5 Å². The average molecular weight is 519 g/mol. The SMILES string of the molecule is O=C(Nc1cc(-c2c(-c3ccc(F)cc3)ncn2C2CCCC2)c(N2CCOCC2)cc1F)c1ccco1. The van der Waals surface area contributed by atoms with Crippen LogP contribution in [0.15, 0.2) is 65.5 Å². The van der Waals surface area contributed by atoms with E-state index in [1.54, 1.807) is 24.3 Å². The minimum absolute atomic E-state index is 0.0441. The fraction of sp³-hybridized carbons (Fsp3) is 0.310. The summed E-state index contributed by atoms with van der Waals surface area (Å²) in [5.41, 5.74) is 3.75. The zero-order valence-corrected chi connectivity index (χ0v) is 20.8. The van der Waals surface area contributed by atoms with E-state index in [1.807, 2.05) is 6.33 Å². The number of carbonyl (C=O) groups is 1. The number of morpholine rings is 1. The third kappa shape index (κ3) is 4.69. The Bertz CT molecular complexity index is 1420. The molecule has 0 radical (unpaired) electrons. The molecule has 38 heavy (non-hydrogen) atoms. The Kier molecular flexibility index (Phi) is 6.68. The molecule has 3 heterocycles. The molecule has 6 rings (SSSR count). The molecule has 0 spiro atoms. The molecule has 2 aromatic heterocycles. The molecule has 1 aliphatic heterocycles. The predicted octanol–water partition coefficient (Wildman–Crippen LogP) is 6.29. The number of nitrogens with one attached hydrogen (secondary N) is 1. The summed E-state index contributed by atoms with van der Waals surface area (Å²) in [4.78, 5) is 19.6. The van der Waals surface area contributed by atoms with Crippen molar-refractivity contribution >= 4 is 17.3 Å². The van der Waals surface area contributed by atoms with E-state index in [0.29, 0.717) is 37.7 Å². The van der Waals surface area contributed by atoms with Crippen LogP contribution in [0.25, 0.3) is 22.5 Å². The van der Waals surface area contributed by atoms with Gasteiger partial charge in [0.15, 0.2) is 5.76 Å². The first-order chi connectivity index (χ1) is 18.6. The smallest absolute Gasteiger partial charge is 0.291 e. The predicted molar refractivity (Wildman–Crippen MR) is 140 cm³/mol. The topological polar surface area (TPSA) is 72.5 Å². The first-order valence-corrected chi connectivity index (χ1v) is 12.9. The van der Waals surface area contributed by atoms with Gasteiger partial charge in [0.05, 0.1) is 42.9 Å². The lowest BCUT2D eigenvalue weighted by Gasteiger charge is -2.31. The molecule has 2 aromatic carbocycles. The molecule has 0 bridgehead atoms. The highest BCUT2D eigenvalue weighted by Gasteiger charge is 2.28. The second-order valence-electron chi connectivity index (χ2n) is 9.67. The van der Waals surface area contributed by atoms with Gasteiger partial charge in [-0.1, -0.05) is 12.8 Å². The minimum atomic E-state index is -0.551. The van der Waals surface area contributed by atoms with Crippen LogP contribution in [0, 0.1) is 11.6 Å². The van der Waals surface area contributed by atoms with E-state index >= 15 is 4.39 Å². The van der Waals surface area contributed by atoms with Gasteiger partial charge < -0.3 is 23.9 Å². The third-order valence-corrected chi connectivity index (χ3v) is 7.31. The molecule has 7 nitrogen and oxygen atoms in total. The van der Waals surface area contributed by atoms with Crippen molar-refractivity contribution in [1.82, 2.24) is 9.55 Å². The number of anilines is 2. The van der Waals surface area contributed by atoms with Crippen LogP contribution >= 0.6 is 0 Å². The van der Waals surface area contributed by atoms with E-state index in [-0.39, 0.29) is 23.3 Å². The number of amides is 1. The number of nitrogens with zero attached hydrogens (tertiary/aromatic N) is 3. The van der Waals surface area contributed by atoms with Gasteiger partial charge in [0.25, 0.3) is 5.91 Å². The van der Waals surface area contributed by atoms with E-state index < -0.39 is 11.7 Å². The van der Waals surface area contributed by atoms with Gasteiger partial charge in [-0.3, -0.25) is 4.79 Å². The number of carbonyl (C=O) groups excluding carboxylic acids is 1. The van der Waals surface area contributed by atoms with Crippen molar-refractivity contribution in [1.29, 1.82) is 0 Å². The van der Waals surface area contributed by atoms with Gasteiger partial charge in [0.1, 0.15) is 11.6 Å². The molecular formula is C29H28F2N4O3. The highest BCUT2D eigenvalue weighted by molar-refractivity contribution is 6.03. The van der Waals surface area contributed by atoms with Crippen LogP contribution < -0.4 is 10.2 Å². The number of imidazole rings is 1. The Morgan fingerprint density at radius 2 is 1.79 bits per heavy atom. The van der Waals surface area contributed by atoms with Crippen LogP contribution in [0.2, 0.25) is 0 Å². The maximum atomic E-state index is 15.5. The molecule has 9 heteroatoms. The molecule has 1 amide bonds. The molecule has 1 aliphatic carbocycles. The van der Waals surface area contributed by atoms with Gasteiger partial charge >= 0.3 is 0 Å². The number of aromatic nitrogens is 2. The Labute approximate surface area is 219 Å². The van der Waals surface area contributed by atoms with E-state index in [9.17, 15) is 9.18 Å². The number of hydrogen-bond donors (Lipinski definition) is 1. The first-order valence-electron chi connectivity index (χ1n) is 12.9. The number of rotatable bonds is 6. The van der Waals surface area contributed by atoms with Crippen LogP contribution in [0.3, 0.4) is 0 Å². The second-order valence-corrected chi connectivity index (χ2v) is 9.67. The van der Waals surface area contributed by atoms with Crippen molar-refractivity contribution in [2.45, 2.75) is 31.7 Å². The number of ether oxygens (including phenoxy) is 1. The van der Waals surface area contributed by atoms with Crippen LogP contribution in [-0.2, 0) is 4.74 Å². The maximum absolute atomic E-state index is 15.5. The lowest BCUT2D eigenvalue weighted by molar-refractivity contribution is 0.0996. The Balaban J connectivity index is 1.53. The fourth-order valence-corrected chi connectivity index (χ4v) is 5.41. The zero-order valence-electron chi connectivity index (χ0n) is 20.8. The molecule has 196 valence electrons. The second kappa shape index (κ2) is 10.4. The Morgan fingerprint density at radius 3 is 2.50 bits per heavy atom. The van der Waals surface area contributed by atoms with Crippen LogP contribution in [-0.4, -0.2) is 41.8 Å². The number of furan rings is 1. The summed E-state index contributed by atoms with van der Waals surface area (Å²) in [5, 5.41) is 2.67. The number of halogens is 2. The normalized spacial score (nSPS) is 16.2. The third-order valence-electron chi connectivity index (χ3n) is 7.31. The van der Waals surface area contributed by atoms with Gasteiger partial charge in [-0.25, -0.2) is 13.8 Å². The minimum Gasteiger partial charge on any atom is -0.459 e. The molecule has 2 aliphatic rings. The average Bonchev–Trinajstić information content (AvgIpc) is 3.72. The molecule has 4 aromatic rings. The first kappa shape index (κ1) is 24.4. The summed E-state index contributed by atoms with van der Waals surface area (Å²) < 4.78 is 42.2. The van der Waals surface area contributed by atoms with Crippen molar-refractivity contribution < 1.29 is 22.7 Å². The highest BCUT2D eigenvalue weighted by Crippen LogP contribution is 2.43. The lowest BCUT2D eigenvalue weighted by atomic mass is 10.00. The molecule has 0 atom stereocenters. The van der Waals surface area contributed by atoms with Gasteiger partial charge in [0.2, 0.25) is 0 Å². The maximum Gasteiger partial charge on any atom is 0.291 e. The van der Waals surface area contributed by atoms with Crippen molar-refractivity contribution in [3.05, 3.63) is 78.5 Å². The molecular weight excluding hydrogens is 490 g/mol. The summed E-state index contributed by atoms with van der Waals surface area (Å²) in [6.07, 6.45) is 7.51. The van der Waals surface area contributed by atoms with E-state index in [0.717, 1.165) is 42.5 Å². The van der Waals surface area contributed by atoms with Crippen LogP contribution in [0.5, 0.6) is 0 Å². The van der Waals surface area contributed by atoms with E-state index in [2.05, 4.69) is 14.8 Å². The molecule has 1 N–H and O–H groups in total.